The molecule has 0 unspecified atom stereocenters. The highest BCUT2D eigenvalue weighted by Crippen LogP contribution is 2.36. The van der Waals surface area contributed by atoms with E-state index >= 15 is 0 Å². The van der Waals surface area contributed by atoms with E-state index in [1.807, 2.05) is 0 Å². The average Bonchev–Trinajstić information content (AvgIpc) is 2.78. The van der Waals surface area contributed by atoms with Crippen molar-refractivity contribution in [2.24, 2.45) is 0 Å². The number of hydrogen-bond donors (Lipinski definition) is 1. The van der Waals surface area contributed by atoms with Gasteiger partial charge in [0.2, 0.25) is 0 Å². The van der Waals surface area contributed by atoms with Crippen LogP contribution in [0.5, 0.6) is 5.75 Å². The molecule has 1 heterocycles. The van der Waals surface area contributed by atoms with E-state index < -0.39 is 23.7 Å². The Hall–Kier alpha value is -3.59. The fraction of sp³-hybridized carbons (Fsp3) is 0.240. The number of aliphatic carboxylic acids is 1. The first-order valence-corrected chi connectivity index (χ1v) is 10.8. The van der Waals surface area contributed by atoms with Crippen LogP contribution in [-0.2, 0) is 11.0 Å². The molecule has 1 aromatic heterocycles. The van der Waals surface area contributed by atoms with Crippen LogP contribution in [0.25, 0.3) is 11.1 Å². The molecule has 184 valence electrons. The second kappa shape index (κ2) is 10.4. The number of hydrogen-bond acceptors (Lipinski definition) is 4. The number of benzene rings is 2. The minimum Gasteiger partial charge on any atom is -0.491 e. The predicted octanol–water partition coefficient (Wildman–Crippen LogP) is 6.17. The fourth-order valence-electron chi connectivity index (χ4n) is 3.58. The third-order valence-electron chi connectivity index (χ3n) is 5.32. The van der Waals surface area contributed by atoms with Crippen molar-refractivity contribution in [2.75, 3.05) is 18.6 Å². The second-order valence-corrected chi connectivity index (χ2v) is 8.26. The molecule has 10 heteroatoms. The minimum absolute atomic E-state index is 0.0703. The summed E-state index contributed by atoms with van der Waals surface area (Å²) < 4.78 is 44.6. The summed E-state index contributed by atoms with van der Waals surface area (Å²) >= 11 is 6.32. The minimum atomic E-state index is -4.58. The maximum atomic E-state index is 13.4. The van der Waals surface area contributed by atoms with Gasteiger partial charge in [-0.15, -0.1) is 0 Å². The lowest BCUT2D eigenvalue weighted by atomic mass is 9.99. The molecule has 3 aromatic rings. The number of rotatable bonds is 7. The molecule has 1 amide bonds. The summed E-state index contributed by atoms with van der Waals surface area (Å²) in [5, 5.41) is 9.12. The largest absolute Gasteiger partial charge is 0.491 e. The molecule has 0 aliphatic heterocycles. The lowest BCUT2D eigenvalue weighted by Crippen LogP contribution is -2.27. The van der Waals surface area contributed by atoms with Crippen LogP contribution in [0.1, 0.15) is 33.6 Å². The smallest absolute Gasteiger partial charge is 0.433 e. The number of amides is 1. The van der Waals surface area contributed by atoms with Crippen LogP contribution in [-0.4, -0.2) is 35.6 Å². The molecule has 0 bridgehead atoms. The van der Waals surface area contributed by atoms with Crippen LogP contribution in [0.4, 0.5) is 18.9 Å². The van der Waals surface area contributed by atoms with Crippen LogP contribution < -0.4 is 9.64 Å². The first-order valence-electron chi connectivity index (χ1n) is 10.5. The molecule has 1 N–H and O–H groups in total. The molecule has 2 aromatic carbocycles. The van der Waals surface area contributed by atoms with E-state index in [9.17, 15) is 22.8 Å². The average molecular weight is 507 g/mol. The summed E-state index contributed by atoms with van der Waals surface area (Å²) in [5.41, 5.74) is 1.46. The Labute approximate surface area is 204 Å². The number of carbonyl (C=O) groups excluding carboxylic acids is 1. The van der Waals surface area contributed by atoms with Gasteiger partial charge in [0.25, 0.3) is 5.91 Å². The van der Waals surface area contributed by atoms with Gasteiger partial charge in [-0.2, -0.15) is 13.2 Å². The molecule has 0 fully saturated rings. The number of anilines is 1. The van der Waals surface area contributed by atoms with Crippen molar-refractivity contribution in [3.8, 4) is 16.9 Å². The Kier molecular flexibility index (Phi) is 7.70. The number of aromatic nitrogens is 1. The van der Waals surface area contributed by atoms with E-state index in [4.69, 9.17) is 21.4 Å². The number of carboxylic acids is 1. The van der Waals surface area contributed by atoms with E-state index in [0.717, 1.165) is 17.8 Å². The van der Waals surface area contributed by atoms with E-state index in [-0.39, 0.29) is 23.6 Å². The van der Waals surface area contributed by atoms with Crippen molar-refractivity contribution in [2.45, 2.75) is 26.4 Å². The van der Waals surface area contributed by atoms with E-state index in [0.29, 0.717) is 28.1 Å². The van der Waals surface area contributed by atoms with Gasteiger partial charge in [-0.3, -0.25) is 14.6 Å². The number of ether oxygens (including phenoxy) is 1. The summed E-state index contributed by atoms with van der Waals surface area (Å²) in [5.74, 6) is -1.08. The van der Waals surface area contributed by atoms with Crippen molar-refractivity contribution in [1.82, 2.24) is 4.98 Å². The molecule has 3 rings (SSSR count). The number of alkyl halides is 3. The molecule has 6 nitrogen and oxygen atoms in total. The van der Waals surface area contributed by atoms with Crippen molar-refractivity contribution in [3.05, 3.63) is 76.1 Å². The molecule has 0 radical (unpaired) electrons. The summed E-state index contributed by atoms with van der Waals surface area (Å²) in [6.45, 7) is 3.23. The number of carboxylic acid groups (broad SMARTS) is 1. The maximum Gasteiger partial charge on any atom is 0.433 e. The monoisotopic (exact) mass is 506 g/mol. The van der Waals surface area contributed by atoms with Gasteiger partial charge in [-0.05, 0) is 55.3 Å². The summed E-state index contributed by atoms with van der Waals surface area (Å²) in [4.78, 5) is 29.1. The first-order chi connectivity index (χ1) is 16.4. The van der Waals surface area contributed by atoms with Crippen molar-refractivity contribution >= 4 is 29.2 Å². The molecular formula is C25H22ClF3N2O4. The lowest BCUT2D eigenvalue weighted by molar-refractivity contribution is -0.141. The molecule has 0 aliphatic rings. The van der Waals surface area contributed by atoms with Gasteiger partial charge in [-0.25, -0.2) is 0 Å². The van der Waals surface area contributed by atoms with Crippen LogP contribution in [0.2, 0.25) is 5.02 Å². The number of aryl methyl sites for hydroxylation is 2. The van der Waals surface area contributed by atoms with Crippen LogP contribution >= 0.6 is 11.6 Å². The SMILES string of the molecule is Cc1cc(C(F)(F)F)ncc1-c1cc(C(=O)N(C)c2c(C)cccc2OCCC(=O)O)ccc1Cl. The molecular weight excluding hydrogens is 485 g/mol. The van der Waals surface area contributed by atoms with Crippen LogP contribution in [0, 0.1) is 13.8 Å². The van der Waals surface area contributed by atoms with Crippen LogP contribution in [0.3, 0.4) is 0 Å². The number of carbonyl (C=O) groups is 2. The Morgan fingerprint density at radius 1 is 1.09 bits per heavy atom. The standard InChI is InChI=1S/C25H22ClF3N2O4/c1-14-5-4-6-20(35-10-9-22(32)33)23(14)31(3)24(34)16-7-8-19(26)17(12-16)18-13-30-21(11-15(18)2)25(27,28)29/h4-8,11-13H,9-10H2,1-3H3,(H,32,33). The molecule has 0 spiro atoms. The Morgan fingerprint density at radius 2 is 1.80 bits per heavy atom. The zero-order valence-electron chi connectivity index (χ0n) is 19.1. The number of para-hydroxylation sites is 1. The summed E-state index contributed by atoms with van der Waals surface area (Å²) in [7, 11) is 1.55. The zero-order chi connectivity index (χ0) is 25.9. The maximum absolute atomic E-state index is 13.4. The van der Waals surface area contributed by atoms with E-state index in [1.165, 1.54) is 30.0 Å². The highest BCUT2D eigenvalue weighted by atomic mass is 35.5. The van der Waals surface area contributed by atoms with Crippen molar-refractivity contribution < 1.29 is 32.6 Å². The molecule has 0 atom stereocenters. The van der Waals surface area contributed by atoms with E-state index in [1.54, 1.807) is 32.2 Å². The molecule has 35 heavy (non-hydrogen) atoms. The number of halogens is 4. The highest BCUT2D eigenvalue weighted by Gasteiger charge is 2.33. The lowest BCUT2D eigenvalue weighted by Gasteiger charge is -2.23. The van der Waals surface area contributed by atoms with E-state index in [2.05, 4.69) is 4.98 Å². The van der Waals surface area contributed by atoms with Gasteiger partial charge in [0.05, 0.1) is 18.7 Å². The zero-order valence-corrected chi connectivity index (χ0v) is 19.9. The summed E-state index contributed by atoms with van der Waals surface area (Å²) in [6.07, 6.45) is -3.69. The van der Waals surface area contributed by atoms with Crippen molar-refractivity contribution in [1.29, 1.82) is 0 Å². The molecule has 0 aliphatic carbocycles. The van der Waals surface area contributed by atoms with Crippen molar-refractivity contribution in [3.63, 3.8) is 0 Å². The fourth-order valence-corrected chi connectivity index (χ4v) is 3.80. The molecule has 0 saturated heterocycles. The molecule has 0 saturated carbocycles. The predicted molar refractivity (Wildman–Crippen MR) is 126 cm³/mol. The number of nitrogens with zero attached hydrogens (tertiary/aromatic N) is 2. The third kappa shape index (κ3) is 5.92. The Balaban J connectivity index is 1.96. The Morgan fingerprint density at radius 3 is 2.43 bits per heavy atom. The van der Waals surface area contributed by atoms with Gasteiger partial charge < -0.3 is 14.7 Å². The van der Waals surface area contributed by atoms with Gasteiger partial charge in [0.15, 0.2) is 0 Å². The Bertz CT molecular complexity index is 1280. The first kappa shape index (κ1) is 26.0. The van der Waals surface area contributed by atoms with Gasteiger partial charge in [0.1, 0.15) is 11.4 Å². The normalized spacial score (nSPS) is 11.3. The highest BCUT2D eigenvalue weighted by molar-refractivity contribution is 6.33. The summed E-state index contributed by atoms with van der Waals surface area (Å²) in [6, 6.07) is 10.6. The van der Waals surface area contributed by atoms with Gasteiger partial charge in [-0.1, -0.05) is 23.7 Å². The quantitative estimate of drug-likeness (QED) is 0.414. The van der Waals surface area contributed by atoms with Gasteiger partial charge >= 0.3 is 12.1 Å². The third-order valence-corrected chi connectivity index (χ3v) is 5.65. The number of pyridine rings is 1. The topological polar surface area (TPSA) is 79.7 Å². The van der Waals surface area contributed by atoms with Gasteiger partial charge in [0, 0.05) is 35.0 Å². The second-order valence-electron chi connectivity index (χ2n) is 7.85. The van der Waals surface area contributed by atoms with Crippen LogP contribution in [0.15, 0.2) is 48.7 Å².